The Kier molecular flexibility index (Phi) is 4.94. The maximum Gasteiger partial charge on any atom is 0.243 e. The molecule has 2 amide bonds. The average molecular weight is 359 g/mol. The Bertz CT molecular complexity index is 695. The molecule has 0 unspecified atom stereocenters. The number of carbonyl (C=O) groups is 2. The number of carbonyl (C=O) groups excluding carboxylic acids is 2. The maximum atomic E-state index is 13.7. The Labute approximate surface area is 153 Å². The van der Waals surface area contributed by atoms with Crippen molar-refractivity contribution in [2.75, 3.05) is 19.6 Å². The van der Waals surface area contributed by atoms with E-state index in [0.717, 1.165) is 32.4 Å². The van der Waals surface area contributed by atoms with E-state index in [-0.39, 0.29) is 29.6 Å². The highest BCUT2D eigenvalue weighted by Gasteiger charge is 2.50. The molecular formula is C20H26FN3O2. The van der Waals surface area contributed by atoms with E-state index in [2.05, 4.69) is 10.6 Å². The van der Waals surface area contributed by atoms with E-state index in [1.54, 1.807) is 18.2 Å². The molecule has 3 aliphatic rings. The zero-order valence-corrected chi connectivity index (χ0v) is 14.9. The Hall–Kier alpha value is -1.95. The van der Waals surface area contributed by atoms with Crippen molar-refractivity contribution in [1.82, 2.24) is 15.5 Å². The smallest absolute Gasteiger partial charge is 0.243 e. The lowest BCUT2D eigenvalue weighted by Gasteiger charge is -2.53. The summed E-state index contributed by atoms with van der Waals surface area (Å²) in [6.07, 6.45) is 3.91. The Morgan fingerprint density at radius 3 is 2.92 bits per heavy atom. The first-order chi connectivity index (χ1) is 12.6. The first-order valence-electron chi connectivity index (χ1n) is 9.68. The standard InChI is InChI=1S/C20H26FN3O2/c21-16-5-2-1-4-13(16)8-9-23-20(26)19-15-10-14(11-22-12-15)17-6-3-7-18(25)24(17)19/h1-2,4-5,14-15,17,19,22H,3,6-12H2,(H,23,26)/t14-,15+,17+,19-/m1/s1. The molecule has 4 rings (SSSR count). The third-order valence-corrected chi connectivity index (χ3v) is 6.16. The number of nitrogens with one attached hydrogen (secondary N) is 2. The van der Waals surface area contributed by atoms with Crippen molar-refractivity contribution in [3.8, 4) is 0 Å². The number of halogens is 1. The summed E-state index contributed by atoms with van der Waals surface area (Å²) in [5.41, 5.74) is 0.600. The molecular weight excluding hydrogens is 333 g/mol. The van der Waals surface area contributed by atoms with Crippen LogP contribution in [-0.2, 0) is 16.0 Å². The first-order valence-corrected chi connectivity index (χ1v) is 9.68. The molecule has 0 aromatic heterocycles. The fraction of sp³-hybridized carbons (Fsp3) is 0.600. The predicted octanol–water partition coefficient (Wildman–Crippen LogP) is 1.47. The molecule has 0 radical (unpaired) electrons. The highest BCUT2D eigenvalue weighted by molar-refractivity contribution is 5.89. The summed E-state index contributed by atoms with van der Waals surface area (Å²) in [4.78, 5) is 27.4. The van der Waals surface area contributed by atoms with Crippen molar-refractivity contribution >= 4 is 11.8 Å². The summed E-state index contributed by atoms with van der Waals surface area (Å²) in [5.74, 6) is 0.409. The number of piperidine rings is 3. The van der Waals surface area contributed by atoms with Crippen LogP contribution in [0.4, 0.5) is 4.39 Å². The van der Waals surface area contributed by atoms with Gasteiger partial charge in [-0.3, -0.25) is 9.59 Å². The van der Waals surface area contributed by atoms with Crippen LogP contribution in [0.2, 0.25) is 0 Å². The lowest BCUT2D eigenvalue weighted by molar-refractivity contribution is -0.157. The van der Waals surface area contributed by atoms with Crippen molar-refractivity contribution in [2.24, 2.45) is 11.8 Å². The van der Waals surface area contributed by atoms with Crippen LogP contribution in [-0.4, -0.2) is 48.4 Å². The van der Waals surface area contributed by atoms with Gasteiger partial charge in [-0.05, 0) is 49.8 Å². The monoisotopic (exact) mass is 359 g/mol. The van der Waals surface area contributed by atoms with Gasteiger partial charge in [0.25, 0.3) is 0 Å². The highest BCUT2D eigenvalue weighted by atomic mass is 19.1. The number of fused-ring (bicyclic) bond motifs is 4. The molecule has 6 heteroatoms. The maximum absolute atomic E-state index is 13.7. The molecule has 3 aliphatic heterocycles. The third-order valence-electron chi connectivity index (χ3n) is 6.16. The fourth-order valence-electron chi connectivity index (χ4n) is 4.98. The van der Waals surface area contributed by atoms with E-state index in [1.807, 2.05) is 4.90 Å². The number of hydrogen-bond donors (Lipinski definition) is 2. The fourth-order valence-corrected chi connectivity index (χ4v) is 4.98. The van der Waals surface area contributed by atoms with Crippen LogP contribution < -0.4 is 10.6 Å². The molecule has 3 heterocycles. The van der Waals surface area contributed by atoms with Gasteiger partial charge in [-0.15, -0.1) is 0 Å². The second-order valence-electron chi connectivity index (χ2n) is 7.75. The molecule has 3 saturated heterocycles. The topological polar surface area (TPSA) is 61.4 Å². The molecule has 5 nitrogen and oxygen atoms in total. The number of benzene rings is 1. The van der Waals surface area contributed by atoms with E-state index in [0.29, 0.717) is 30.9 Å². The minimum atomic E-state index is -0.391. The van der Waals surface area contributed by atoms with Gasteiger partial charge in [-0.1, -0.05) is 18.2 Å². The summed E-state index contributed by atoms with van der Waals surface area (Å²) in [6.45, 7) is 2.09. The molecule has 0 spiro atoms. The second-order valence-corrected chi connectivity index (χ2v) is 7.75. The highest BCUT2D eigenvalue weighted by Crippen LogP contribution is 2.39. The van der Waals surface area contributed by atoms with Gasteiger partial charge < -0.3 is 15.5 Å². The van der Waals surface area contributed by atoms with Crippen LogP contribution in [0.25, 0.3) is 0 Å². The van der Waals surface area contributed by atoms with Crippen molar-refractivity contribution in [3.63, 3.8) is 0 Å². The van der Waals surface area contributed by atoms with Gasteiger partial charge >= 0.3 is 0 Å². The molecule has 140 valence electrons. The Morgan fingerprint density at radius 2 is 2.08 bits per heavy atom. The van der Waals surface area contributed by atoms with Crippen molar-refractivity contribution < 1.29 is 14.0 Å². The average Bonchev–Trinajstić information content (AvgIpc) is 2.64. The van der Waals surface area contributed by atoms with Crippen LogP contribution in [0.5, 0.6) is 0 Å². The van der Waals surface area contributed by atoms with Gasteiger partial charge in [-0.2, -0.15) is 0 Å². The molecule has 1 aromatic carbocycles. The van der Waals surface area contributed by atoms with Gasteiger partial charge in [0.1, 0.15) is 11.9 Å². The largest absolute Gasteiger partial charge is 0.354 e. The van der Waals surface area contributed by atoms with Gasteiger partial charge in [0.05, 0.1) is 0 Å². The minimum absolute atomic E-state index is 0.0891. The first kappa shape index (κ1) is 17.5. The number of amides is 2. The number of hydrogen-bond acceptors (Lipinski definition) is 3. The SMILES string of the molecule is O=C(NCCc1ccccc1F)[C@H]1[C@@H]2CNC[C@@H](C2)[C@@H]2CCCC(=O)N21. The number of nitrogens with zero attached hydrogens (tertiary/aromatic N) is 1. The van der Waals surface area contributed by atoms with E-state index >= 15 is 0 Å². The van der Waals surface area contributed by atoms with E-state index in [1.165, 1.54) is 6.07 Å². The second kappa shape index (κ2) is 7.35. The molecule has 4 atom stereocenters. The quantitative estimate of drug-likeness (QED) is 0.856. The lowest BCUT2D eigenvalue weighted by Crippen LogP contribution is -2.68. The molecule has 2 N–H and O–H groups in total. The van der Waals surface area contributed by atoms with Crippen LogP contribution in [0, 0.1) is 17.7 Å². The Balaban J connectivity index is 1.45. The van der Waals surface area contributed by atoms with Gasteiger partial charge in [-0.25, -0.2) is 4.39 Å². The Morgan fingerprint density at radius 1 is 1.27 bits per heavy atom. The molecule has 0 saturated carbocycles. The normalized spacial score (nSPS) is 30.7. The molecule has 2 bridgehead atoms. The molecule has 3 fully saturated rings. The van der Waals surface area contributed by atoms with Crippen molar-refractivity contribution in [1.29, 1.82) is 0 Å². The van der Waals surface area contributed by atoms with Crippen molar-refractivity contribution in [3.05, 3.63) is 35.6 Å². The van der Waals surface area contributed by atoms with E-state index in [9.17, 15) is 14.0 Å². The summed E-state index contributed by atoms with van der Waals surface area (Å²) in [6, 6.07) is 6.42. The summed E-state index contributed by atoms with van der Waals surface area (Å²) < 4.78 is 13.7. The van der Waals surface area contributed by atoms with Crippen LogP contribution >= 0.6 is 0 Å². The van der Waals surface area contributed by atoms with Gasteiger partial charge in [0.15, 0.2) is 0 Å². The summed E-state index contributed by atoms with van der Waals surface area (Å²) in [5, 5.41) is 6.40. The summed E-state index contributed by atoms with van der Waals surface area (Å²) in [7, 11) is 0. The van der Waals surface area contributed by atoms with E-state index in [4.69, 9.17) is 0 Å². The van der Waals surface area contributed by atoms with Gasteiger partial charge in [0.2, 0.25) is 11.8 Å². The third kappa shape index (κ3) is 3.22. The molecule has 26 heavy (non-hydrogen) atoms. The van der Waals surface area contributed by atoms with Crippen molar-refractivity contribution in [2.45, 2.75) is 44.2 Å². The van der Waals surface area contributed by atoms with Crippen LogP contribution in [0.15, 0.2) is 24.3 Å². The lowest BCUT2D eigenvalue weighted by atomic mass is 9.72. The van der Waals surface area contributed by atoms with Crippen LogP contribution in [0.3, 0.4) is 0 Å². The summed E-state index contributed by atoms with van der Waals surface area (Å²) >= 11 is 0. The van der Waals surface area contributed by atoms with E-state index < -0.39 is 6.04 Å². The van der Waals surface area contributed by atoms with Crippen LogP contribution in [0.1, 0.15) is 31.2 Å². The van der Waals surface area contributed by atoms with Gasteiger partial charge in [0, 0.05) is 31.5 Å². The number of rotatable bonds is 4. The zero-order chi connectivity index (χ0) is 18.1. The minimum Gasteiger partial charge on any atom is -0.354 e. The molecule has 1 aromatic rings. The zero-order valence-electron chi connectivity index (χ0n) is 14.9. The predicted molar refractivity (Wildman–Crippen MR) is 95.9 cm³/mol. The molecule has 0 aliphatic carbocycles.